The molecule has 0 aromatic heterocycles. The summed E-state index contributed by atoms with van der Waals surface area (Å²) in [6.45, 7) is 4.79. The Labute approximate surface area is 84.5 Å². The molecule has 0 spiro atoms. The van der Waals surface area contributed by atoms with E-state index >= 15 is 0 Å². The van der Waals surface area contributed by atoms with E-state index in [0.717, 1.165) is 0 Å². The summed E-state index contributed by atoms with van der Waals surface area (Å²) >= 11 is 0. The maximum absolute atomic E-state index is 10.5. The van der Waals surface area contributed by atoms with E-state index in [1.807, 2.05) is 13.8 Å². The van der Waals surface area contributed by atoms with Gasteiger partial charge in [0.05, 0.1) is 13.7 Å². The van der Waals surface area contributed by atoms with Gasteiger partial charge in [-0.25, -0.2) is 4.79 Å². The first-order valence-corrected chi connectivity index (χ1v) is 4.50. The lowest BCUT2D eigenvalue weighted by atomic mass is 10.4. The molecule has 0 bridgehead atoms. The monoisotopic (exact) mass is 200 g/mol. The summed E-state index contributed by atoms with van der Waals surface area (Å²) in [4.78, 5) is 10.5. The number of carbonyl (C=O) groups is 1. The Balaban J connectivity index is 3.44. The van der Waals surface area contributed by atoms with Crippen LogP contribution in [-0.2, 0) is 19.0 Å². The van der Waals surface area contributed by atoms with Gasteiger partial charge in [-0.1, -0.05) is 5.92 Å². The summed E-state index contributed by atoms with van der Waals surface area (Å²) in [5.74, 6) is 4.41. The van der Waals surface area contributed by atoms with Gasteiger partial charge < -0.3 is 14.2 Å². The minimum atomic E-state index is -0.525. The first-order chi connectivity index (χ1) is 6.70. The van der Waals surface area contributed by atoms with Crippen molar-refractivity contribution in [1.29, 1.82) is 0 Å². The molecule has 0 aromatic rings. The van der Waals surface area contributed by atoms with Crippen LogP contribution in [0.5, 0.6) is 0 Å². The van der Waals surface area contributed by atoms with Gasteiger partial charge in [0.25, 0.3) is 0 Å². The molecule has 0 aliphatic rings. The van der Waals surface area contributed by atoms with Crippen molar-refractivity contribution < 1.29 is 19.0 Å². The van der Waals surface area contributed by atoms with E-state index in [2.05, 4.69) is 16.6 Å². The van der Waals surface area contributed by atoms with Crippen LogP contribution in [0.15, 0.2) is 0 Å². The second kappa shape index (κ2) is 8.54. The van der Waals surface area contributed by atoms with Crippen LogP contribution in [0.3, 0.4) is 0 Å². The molecule has 0 aliphatic heterocycles. The molecule has 0 saturated carbocycles. The van der Waals surface area contributed by atoms with Crippen LogP contribution in [0.25, 0.3) is 0 Å². The van der Waals surface area contributed by atoms with Gasteiger partial charge in [0.2, 0.25) is 0 Å². The third-order valence-electron chi connectivity index (χ3n) is 1.36. The van der Waals surface area contributed by atoms with E-state index in [-0.39, 0.29) is 6.29 Å². The van der Waals surface area contributed by atoms with Gasteiger partial charge in [0, 0.05) is 18.9 Å². The number of hydrogen-bond acceptors (Lipinski definition) is 4. The zero-order valence-electron chi connectivity index (χ0n) is 8.83. The molecule has 0 saturated heterocycles. The molecule has 0 heterocycles. The van der Waals surface area contributed by atoms with Crippen molar-refractivity contribution >= 4 is 5.97 Å². The topological polar surface area (TPSA) is 44.8 Å². The predicted molar refractivity (Wildman–Crippen MR) is 51.4 cm³/mol. The lowest BCUT2D eigenvalue weighted by molar-refractivity contribution is -0.133. The Morgan fingerprint density at radius 3 is 2.71 bits per heavy atom. The van der Waals surface area contributed by atoms with Gasteiger partial charge >= 0.3 is 5.97 Å². The molecule has 80 valence electrons. The van der Waals surface area contributed by atoms with Crippen molar-refractivity contribution in [2.24, 2.45) is 0 Å². The van der Waals surface area contributed by atoms with Crippen molar-refractivity contribution in [1.82, 2.24) is 0 Å². The molecular weight excluding hydrogens is 184 g/mol. The minimum Gasteiger partial charge on any atom is -0.459 e. The fourth-order valence-corrected chi connectivity index (χ4v) is 0.744. The molecule has 0 radical (unpaired) electrons. The Kier molecular flexibility index (Phi) is 7.90. The van der Waals surface area contributed by atoms with Crippen LogP contribution >= 0.6 is 0 Å². The van der Waals surface area contributed by atoms with Crippen molar-refractivity contribution in [2.45, 2.75) is 26.6 Å². The van der Waals surface area contributed by atoms with Crippen molar-refractivity contribution in [3.63, 3.8) is 0 Å². The normalized spacial score (nSPS) is 11.4. The number of esters is 1. The van der Waals surface area contributed by atoms with Gasteiger partial charge in [-0.05, 0) is 13.8 Å². The zero-order chi connectivity index (χ0) is 10.8. The van der Waals surface area contributed by atoms with Crippen LogP contribution < -0.4 is 0 Å². The van der Waals surface area contributed by atoms with E-state index in [4.69, 9.17) is 9.47 Å². The SMILES string of the molecule is CCOC(C)OCCC#CC(=O)OC. The zero-order valence-corrected chi connectivity index (χ0v) is 8.83. The molecular formula is C10H16O4. The molecule has 4 nitrogen and oxygen atoms in total. The highest BCUT2D eigenvalue weighted by molar-refractivity contribution is 5.88. The van der Waals surface area contributed by atoms with Crippen LogP contribution in [-0.4, -0.2) is 32.6 Å². The quantitative estimate of drug-likeness (QED) is 0.218. The summed E-state index contributed by atoms with van der Waals surface area (Å²) in [6.07, 6.45) is 0.270. The molecule has 0 fully saturated rings. The van der Waals surface area contributed by atoms with Gasteiger partial charge in [0.15, 0.2) is 6.29 Å². The number of rotatable bonds is 5. The van der Waals surface area contributed by atoms with E-state index in [1.165, 1.54) is 7.11 Å². The Bertz CT molecular complexity index is 214. The smallest absolute Gasteiger partial charge is 0.384 e. The van der Waals surface area contributed by atoms with Gasteiger partial charge in [-0.3, -0.25) is 0 Å². The van der Waals surface area contributed by atoms with Crippen LogP contribution in [0.2, 0.25) is 0 Å². The fraction of sp³-hybridized carbons (Fsp3) is 0.700. The second-order valence-corrected chi connectivity index (χ2v) is 2.44. The largest absolute Gasteiger partial charge is 0.459 e. The first-order valence-electron chi connectivity index (χ1n) is 4.50. The summed E-state index contributed by atoms with van der Waals surface area (Å²) in [5, 5.41) is 0. The molecule has 0 amide bonds. The number of ether oxygens (including phenoxy) is 3. The highest BCUT2D eigenvalue weighted by Gasteiger charge is 1.97. The van der Waals surface area contributed by atoms with Gasteiger partial charge in [0.1, 0.15) is 0 Å². The Hall–Kier alpha value is -1.05. The fourth-order valence-electron chi connectivity index (χ4n) is 0.744. The maximum Gasteiger partial charge on any atom is 0.384 e. The molecule has 0 rings (SSSR count). The van der Waals surface area contributed by atoms with Crippen LogP contribution in [0.1, 0.15) is 20.3 Å². The van der Waals surface area contributed by atoms with E-state index in [1.54, 1.807) is 0 Å². The summed E-state index contributed by atoms with van der Waals surface area (Å²) in [7, 11) is 1.30. The van der Waals surface area contributed by atoms with E-state index in [9.17, 15) is 4.79 Å². The summed E-state index contributed by atoms with van der Waals surface area (Å²) < 4.78 is 14.7. The number of methoxy groups -OCH3 is 1. The molecule has 0 N–H and O–H groups in total. The average Bonchev–Trinajstić information content (AvgIpc) is 2.17. The van der Waals surface area contributed by atoms with Crippen molar-refractivity contribution in [2.75, 3.05) is 20.3 Å². The molecule has 4 heteroatoms. The number of carbonyl (C=O) groups excluding carboxylic acids is 1. The molecule has 14 heavy (non-hydrogen) atoms. The Morgan fingerprint density at radius 2 is 2.14 bits per heavy atom. The maximum atomic E-state index is 10.5. The lowest BCUT2D eigenvalue weighted by Gasteiger charge is -2.10. The molecule has 1 atom stereocenters. The minimum absolute atomic E-state index is 0.222. The van der Waals surface area contributed by atoms with E-state index in [0.29, 0.717) is 19.6 Å². The van der Waals surface area contributed by atoms with Crippen molar-refractivity contribution in [3.05, 3.63) is 0 Å². The van der Waals surface area contributed by atoms with Crippen LogP contribution in [0.4, 0.5) is 0 Å². The third-order valence-corrected chi connectivity index (χ3v) is 1.36. The van der Waals surface area contributed by atoms with Crippen LogP contribution in [0, 0.1) is 11.8 Å². The Morgan fingerprint density at radius 1 is 1.43 bits per heavy atom. The summed E-state index contributed by atoms with van der Waals surface area (Å²) in [5.41, 5.74) is 0. The predicted octanol–water partition coefficient (Wildman–Crippen LogP) is 0.952. The van der Waals surface area contributed by atoms with E-state index < -0.39 is 5.97 Å². The van der Waals surface area contributed by atoms with Crippen molar-refractivity contribution in [3.8, 4) is 11.8 Å². The molecule has 0 aliphatic carbocycles. The average molecular weight is 200 g/mol. The first kappa shape index (κ1) is 12.9. The standard InChI is InChI=1S/C10H16O4/c1-4-13-9(2)14-8-6-5-7-10(11)12-3/h9H,4,6,8H2,1-3H3. The van der Waals surface area contributed by atoms with Gasteiger partial charge in [-0.2, -0.15) is 0 Å². The number of hydrogen-bond donors (Lipinski definition) is 0. The molecule has 1 unspecified atom stereocenters. The summed E-state index contributed by atoms with van der Waals surface area (Å²) in [6, 6.07) is 0. The lowest BCUT2D eigenvalue weighted by Crippen LogP contribution is -2.13. The highest BCUT2D eigenvalue weighted by Crippen LogP contribution is 1.93. The highest BCUT2D eigenvalue weighted by atomic mass is 16.7. The van der Waals surface area contributed by atoms with Gasteiger partial charge in [-0.15, -0.1) is 0 Å². The molecule has 0 aromatic carbocycles. The second-order valence-electron chi connectivity index (χ2n) is 2.44. The third kappa shape index (κ3) is 7.59.